The minimum atomic E-state index is -1.48. The topological polar surface area (TPSA) is 138 Å². The number of hydrogen-bond acceptors (Lipinski definition) is 11. The number of carbonyl (C=O) groups excluding carboxylic acids is 1. The van der Waals surface area contributed by atoms with Gasteiger partial charge in [0.05, 0.1) is 24.1 Å². The summed E-state index contributed by atoms with van der Waals surface area (Å²) in [5.74, 6) is 1.17. The van der Waals surface area contributed by atoms with E-state index in [4.69, 9.17) is 50.0 Å². The van der Waals surface area contributed by atoms with Gasteiger partial charge in [0.2, 0.25) is 12.6 Å². The summed E-state index contributed by atoms with van der Waals surface area (Å²) in [6.07, 6.45) is 8.19. The Morgan fingerprint density at radius 1 is 0.937 bits per heavy atom. The van der Waals surface area contributed by atoms with Gasteiger partial charge in [0.15, 0.2) is 11.5 Å². The number of carbonyl (C=O) groups is 1. The molecule has 0 bridgehead atoms. The van der Waals surface area contributed by atoms with Gasteiger partial charge in [-0.3, -0.25) is 4.90 Å². The number of unbranched alkanes of at least 4 members (excludes halogenated alkanes) is 2. The number of rotatable bonds is 20. The average molecular weight is 881 g/mol. The third kappa shape index (κ3) is 9.36. The lowest BCUT2D eigenvalue weighted by Gasteiger charge is -2.59. The predicted molar refractivity (Wildman–Crippen MR) is 241 cm³/mol. The van der Waals surface area contributed by atoms with Crippen LogP contribution in [-0.2, 0) is 20.9 Å². The molecular weight excluding hydrogens is 824 g/mol. The summed E-state index contributed by atoms with van der Waals surface area (Å²) in [4.78, 5) is 22.1. The Bertz CT molecular complexity index is 2300. The van der Waals surface area contributed by atoms with E-state index in [9.17, 15) is 15.0 Å². The van der Waals surface area contributed by atoms with Crippen molar-refractivity contribution in [3.05, 3.63) is 114 Å². The lowest BCUT2D eigenvalue weighted by Crippen LogP contribution is -2.70. The zero-order valence-corrected chi connectivity index (χ0v) is 36.5. The molecule has 0 radical (unpaired) electrons. The van der Waals surface area contributed by atoms with E-state index in [-0.39, 0.29) is 69.8 Å². The number of halogens is 1. The van der Waals surface area contributed by atoms with Crippen molar-refractivity contribution in [3.63, 3.8) is 0 Å². The fraction of sp³-hybridized carbons (Fsp3) is 0.440. The summed E-state index contributed by atoms with van der Waals surface area (Å²) in [5, 5.41) is 26.9. The van der Waals surface area contributed by atoms with Crippen LogP contribution in [0.5, 0.6) is 28.7 Å². The molecule has 4 aromatic carbocycles. The highest BCUT2D eigenvalue weighted by atomic mass is 35.5. The van der Waals surface area contributed by atoms with Crippen molar-refractivity contribution in [2.24, 2.45) is 22.9 Å². The van der Waals surface area contributed by atoms with Crippen molar-refractivity contribution >= 4 is 34.2 Å². The van der Waals surface area contributed by atoms with E-state index >= 15 is 0 Å². The van der Waals surface area contributed by atoms with Crippen LogP contribution in [0.1, 0.15) is 68.9 Å². The Hall–Kier alpha value is -5.27. The van der Waals surface area contributed by atoms with Crippen LogP contribution in [0.15, 0.2) is 108 Å². The maximum atomic E-state index is 14.6. The SMILES string of the molecule is C=CCOC12Oc3ccc(Oc4ccc5ccccc5c4)cc3C3C(CCCCO)C(CCCCO)C=C(C(=NOCC)CC1N(Cc1ccc4c(c1)OCO4)C(=O)OCCCl)C32. The number of ether oxygens (including phenoxy) is 6. The van der Waals surface area contributed by atoms with E-state index in [0.29, 0.717) is 53.9 Å². The third-order valence-corrected chi connectivity index (χ3v) is 12.8. The number of hydrogen-bond donors (Lipinski definition) is 2. The number of benzene rings is 4. The molecule has 4 aromatic rings. The zero-order valence-electron chi connectivity index (χ0n) is 35.8. The van der Waals surface area contributed by atoms with Gasteiger partial charge in [-0.25, -0.2) is 4.79 Å². The summed E-state index contributed by atoms with van der Waals surface area (Å²) >= 11 is 6.12. The normalized spacial score (nSPS) is 23.6. The first kappa shape index (κ1) is 44.3. The minimum Gasteiger partial charge on any atom is -0.459 e. The lowest BCUT2D eigenvalue weighted by molar-refractivity contribution is -0.256. The molecule has 6 unspecified atom stereocenters. The van der Waals surface area contributed by atoms with Gasteiger partial charge in [0.25, 0.3) is 0 Å². The van der Waals surface area contributed by atoms with Crippen LogP contribution in [0.4, 0.5) is 4.79 Å². The zero-order chi connectivity index (χ0) is 43.8. The van der Waals surface area contributed by atoms with Gasteiger partial charge < -0.3 is 43.5 Å². The van der Waals surface area contributed by atoms with Crippen molar-refractivity contribution in [2.45, 2.75) is 76.2 Å². The lowest BCUT2D eigenvalue weighted by atomic mass is 9.55. The second-order valence-electron chi connectivity index (χ2n) is 16.4. The number of fused-ring (bicyclic) bond motifs is 4. The summed E-state index contributed by atoms with van der Waals surface area (Å²) in [6, 6.07) is 25.0. The van der Waals surface area contributed by atoms with E-state index in [2.05, 4.69) is 36.9 Å². The number of aliphatic hydroxyl groups is 2. The van der Waals surface area contributed by atoms with Crippen LogP contribution >= 0.6 is 11.6 Å². The van der Waals surface area contributed by atoms with Crippen molar-refractivity contribution in [2.75, 3.05) is 45.7 Å². The number of oxime groups is 1. The second-order valence-corrected chi connectivity index (χ2v) is 16.8. The highest BCUT2D eigenvalue weighted by molar-refractivity contribution is 6.18. The van der Waals surface area contributed by atoms with Crippen LogP contribution in [0.2, 0.25) is 0 Å². The molecule has 12 nitrogen and oxygen atoms in total. The fourth-order valence-electron chi connectivity index (χ4n) is 9.97. The molecule has 6 atom stereocenters. The molecule has 1 amide bonds. The molecule has 334 valence electrons. The number of amides is 1. The maximum absolute atomic E-state index is 14.6. The quantitative estimate of drug-likeness (QED) is 0.0382. The van der Waals surface area contributed by atoms with E-state index in [0.717, 1.165) is 53.2 Å². The smallest absolute Gasteiger partial charge is 0.410 e. The first-order chi connectivity index (χ1) is 30.9. The molecule has 8 rings (SSSR count). The van der Waals surface area contributed by atoms with Crippen LogP contribution in [0, 0.1) is 17.8 Å². The highest BCUT2D eigenvalue weighted by Gasteiger charge is 2.65. The van der Waals surface area contributed by atoms with E-state index in [1.165, 1.54) is 0 Å². The number of alkyl halides is 1. The van der Waals surface area contributed by atoms with Gasteiger partial charge in [-0.1, -0.05) is 66.5 Å². The van der Waals surface area contributed by atoms with Gasteiger partial charge in [-0.15, -0.1) is 18.2 Å². The molecular formula is C50H57ClN2O10. The molecule has 1 fully saturated rings. The fourth-order valence-corrected chi connectivity index (χ4v) is 10.0. The van der Waals surface area contributed by atoms with Crippen LogP contribution in [0.25, 0.3) is 10.8 Å². The molecule has 2 heterocycles. The first-order valence-corrected chi connectivity index (χ1v) is 22.7. The molecule has 2 aliphatic carbocycles. The Morgan fingerprint density at radius 2 is 1.70 bits per heavy atom. The first-order valence-electron chi connectivity index (χ1n) is 22.2. The molecule has 13 heteroatoms. The van der Waals surface area contributed by atoms with Crippen LogP contribution in [-0.4, -0.2) is 84.5 Å². The minimum absolute atomic E-state index is 0.00547. The molecule has 63 heavy (non-hydrogen) atoms. The molecule has 0 spiro atoms. The molecule has 1 saturated carbocycles. The number of allylic oxidation sites excluding steroid dienone is 1. The Morgan fingerprint density at radius 3 is 2.49 bits per heavy atom. The average Bonchev–Trinajstić information content (AvgIpc) is 3.78. The maximum Gasteiger partial charge on any atom is 0.410 e. The molecule has 2 N–H and O–H groups in total. The van der Waals surface area contributed by atoms with Gasteiger partial charge >= 0.3 is 6.09 Å². The largest absolute Gasteiger partial charge is 0.459 e. The third-order valence-electron chi connectivity index (χ3n) is 12.6. The Labute approximate surface area is 374 Å². The number of aliphatic hydroxyl groups excluding tert-OH is 2. The summed E-state index contributed by atoms with van der Waals surface area (Å²) < 4.78 is 38.4. The molecule has 4 aliphatic rings. The van der Waals surface area contributed by atoms with Crippen molar-refractivity contribution in [1.29, 1.82) is 0 Å². The second kappa shape index (κ2) is 20.5. The molecule has 0 saturated heterocycles. The van der Waals surface area contributed by atoms with Crippen LogP contribution in [0.3, 0.4) is 0 Å². The predicted octanol–water partition coefficient (Wildman–Crippen LogP) is 9.89. The van der Waals surface area contributed by atoms with E-state index in [1.54, 1.807) is 11.0 Å². The van der Waals surface area contributed by atoms with Gasteiger partial charge in [0.1, 0.15) is 36.5 Å². The molecule has 0 aromatic heterocycles. The summed E-state index contributed by atoms with van der Waals surface area (Å²) in [5.41, 5.74) is 3.35. The van der Waals surface area contributed by atoms with Gasteiger partial charge in [0, 0.05) is 37.7 Å². The molecule has 2 aliphatic heterocycles. The van der Waals surface area contributed by atoms with E-state index < -0.39 is 23.8 Å². The summed E-state index contributed by atoms with van der Waals surface area (Å²) in [7, 11) is 0. The Balaban J connectivity index is 1.31. The van der Waals surface area contributed by atoms with Crippen LogP contribution < -0.4 is 18.9 Å². The van der Waals surface area contributed by atoms with E-state index in [1.807, 2.05) is 61.5 Å². The van der Waals surface area contributed by atoms with Crippen molar-refractivity contribution in [3.8, 4) is 28.7 Å². The Kier molecular flexibility index (Phi) is 14.4. The number of nitrogens with zero attached hydrogens (tertiary/aromatic N) is 2. The van der Waals surface area contributed by atoms with Gasteiger partial charge in [-0.2, -0.15) is 0 Å². The van der Waals surface area contributed by atoms with Crippen molar-refractivity contribution in [1.82, 2.24) is 4.90 Å². The van der Waals surface area contributed by atoms with Crippen molar-refractivity contribution < 1.29 is 48.3 Å². The van der Waals surface area contributed by atoms with Gasteiger partial charge in [-0.05, 0) is 109 Å². The highest BCUT2D eigenvalue weighted by Crippen LogP contribution is 2.62. The summed E-state index contributed by atoms with van der Waals surface area (Å²) in [6.45, 7) is 6.79. The monoisotopic (exact) mass is 880 g/mol. The standard InChI is InChI=1S/C50H57ClN2O10/c1-3-24-60-50-46(53(49(56)57-25-21-51)31-33-15-19-44-45(26-33)59-32-58-44)30-42(52-61-4-2)40-28-36(13-7-9-22-54)39(14-8-10-23-55)47(48(40)50)41-29-38(18-20-43(41)63-50)62-37-17-16-34-11-5-6-12-35(34)27-37/h3,5-6,11-12,15-20,26-29,36,39,46-48,54-55H,1,4,7-10,13-14,21-25,30-32H2,2H3.